The molecule has 0 atom stereocenters. The zero-order valence-electron chi connectivity index (χ0n) is 13.5. The molecule has 0 aliphatic carbocycles. The summed E-state index contributed by atoms with van der Waals surface area (Å²) >= 11 is 5.98. The van der Waals surface area contributed by atoms with Gasteiger partial charge in [-0.3, -0.25) is 0 Å². The molecule has 4 N–H and O–H groups in total. The molecule has 0 spiro atoms. The van der Waals surface area contributed by atoms with Crippen LogP contribution in [0.1, 0.15) is 18.4 Å². The van der Waals surface area contributed by atoms with Gasteiger partial charge in [-0.1, -0.05) is 23.7 Å². The van der Waals surface area contributed by atoms with Crippen LogP contribution in [0, 0.1) is 0 Å². The summed E-state index contributed by atoms with van der Waals surface area (Å²) in [6.45, 7) is 1.93. The maximum atomic E-state index is 5.98. The van der Waals surface area contributed by atoms with Crippen LogP contribution in [-0.2, 0) is 6.42 Å². The number of H-pyrrole nitrogens is 1. The highest BCUT2D eigenvalue weighted by atomic mass is 35.5. The van der Waals surface area contributed by atoms with E-state index in [1.165, 1.54) is 5.56 Å². The molecule has 3 heterocycles. The van der Waals surface area contributed by atoms with E-state index in [-0.39, 0.29) is 5.54 Å². The first kappa shape index (κ1) is 15.4. The van der Waals surface area contributed by atoms with Crippen molar-refractivity contribution < 1.29 is 5.73 Å². The number of halogens is 1. The van der Waals surface area contributed by atoms with Crippen molar-refractivity contribution in [3.8, 4) is 0 Å². The fourth-order valence-corrected chi connectivity index (χ4v) is 3.64. The highest BCUT2D eigenvalue weighted by molar-refractivity contribution is 6.30. The van der Waals surface area contributed by atoms with Gasteiger partial charge in [0.05, 0.1) is 5.39 Å². The molecule has 0 bridgehead atoms. The third-order valence-electron chi connectivity index (χ3n) is 4.95. The van der Waals surface area contributed by atoms with Crippen LogP contribution < -0.4 is 10.6 Å². The van der Waals surface area contributed by atoms with Crippen molar-refractivity contribution in [1.29, 1.82) is 0 Å². The number of hydrogen-bond acceptors (Lipinski definition) is 3. The summed E-state index contributed by atoms with van der Waals surface area (Å²) in [5, 5.41) is 1.87. The van der Waals surface area contributed by atoms with Gasteiger partial charge < -0.3 is 15.6 Å². The quantitative estimate of drug-likeness (QED) is 0.767. The second-order valence-electron chi connectivity index (χ2n) is 6.73. The van der Waals surface area contributed by atoms with E-state index in [2.05, 4.69) is 37.7 Å². The van der Waals surface area contributed by atoms with Gasteiger partial charge in [-0.25, -0.2) is 9.97 Å². The summed E-state index contributed by atoms with van der Waals surface area (Å²) in [5.74, 6) is 1.02. The minimum absolute atomic E-state index is 0.0780. The summed E-state index contributed by atoms with van der Waals surface area (Å²) in [5.41, 5.74) is 6.81. The van der Waals surface area contributed by atoms with Crippen LogP contribution in [0.5, 0.6) is 0 Å². The summed E-state index contributed by atoms with van der Waals surface area (Å²) in [4.78, 5) is 14.3. The molecule has 0 amide bonds. The van der Waals surface area contributed by atoms with Crippen LogP contribution in [0.3, 0.4) is 0 Å². The molecule has 0 saturated carbocycles. The van der Waals surface area contributed by atoms with Gasteiger partial charge >= 0.3 is 0 Å². The average molecular weight is 343 g/mol. The number of nitrogens with one attached hydrogen (secondary N) is 1. The van der Waals surface area contributed by atoms with Crippen LogP contribution in [-0.4, -0.2) is 33.6 Å². The first-order valence-electron chi connectivity index (χ1n) is 8.26. The Balaban J connectivity index is 1.48. The SMILES string of the molecule is [NH3+]C1(Cc2ccc(Cl)cc2)CCN(c2ncnc3[nH]ccc23)CC1. The van der Waals surface area contributed by atoms with Crippen molar-refractivity contribution >= 4 is 28.5 Å². The standard InChI is InChI=1S/C18H20ClN5/c19-14-3-1-13(2-4-14)11-18(20)6-9-24(10-7-18)17-15-5-8-21-16(15)22-12-23-17/h1-5,8,12H,6-7,9-11,20H2,(H,21,22,23)/p+1. The van der Waals surface area contributed by atoms with Crippen LogP contribution in [0.15, 0.2) is 42.9 Å². The molecule has 1 aliphatic heterocycles. The Hall–Kier alpha value is -2.11. The number of anilines is 1. The van der Waals surface area contributed by atoms with Gasteiger partial charge in [-0.05, 0) is 23.8 Å². The first-order chi connectivity index (χ1) is 11.6. The minimum atomic E-state index is 0.0780. The third-order valence-corrected chi connectivity index (χ3v) is 5.20. The lowest BCUT2D eigenvalue weighted by molar-refractivity contribution is -0.482. The van der Waals surface area contributed by atoms with E-state index in [1.807, 2.05) is 24.4 Å². The Morgan fingerprint density at radius 3 is 2.62 bits per heavy atom. The second kappa shape index (κ2) is 6.07. The first-order valence-corrected chi connectivity index (χ1v) is 8.64. The van der Waals surface area contributed by atoms with E-state index in [0.29, 0.717) is 0 Å². The Kier molecular flexibility index (Phi) is 3.90. The number of aromatic nitrogens is 3. The van der Waals surface area contributed by atoms with E-state index >= 15 is 0 Å². The Morgan fingerprint density at radius 2 is 1.88 bits per heavy atom. The van der Waals surface area contributed by atoms with E-state index in [0.717, 1.165) is 54.2 Å². The van der Waals surface area contributed by atoms with E-state index < -0.39 is 0 Å². The maximum absolute atomic E-state index is 5.98. The monoisotopic (exact) mass is 342 g/mol. The number of nitrogens with zero attached hydrogens (tertiary/aromatic N) is 3. The van der Waals surface area contributed by atoms with Gasteiger partial charge in [0.25, 0.3) is 0 Å². The molecule has 1 aromatic carbocycles. The molecule has 24 heavy (non-hydrogen) atoms. The Labute approximate surface area is 145 Å². The molecule has 6 heteroatoms. The lowest BCUT2D eigenvalue weighted by atomic mass is 9.83. The zero-order valence-corrected chi connectivity index (χ0v) is 14.3. The number of benzene rings is 1. The van der Waals surface area contributed by atoms with Gasteiger partial charge in [0, 0.05) is 43.6 Å². The summed E-state index contributed by atoms with van der Waals surface area (Å²) in [7, 11) is 0. The highest BCUT2D eigenvalue weighted by Gasteiger charge is 2.35. The maximum Gasteiger partial charge on any atom is 0.142 e. The predicted octanol–water partition coefficient (Wildman–Crippen LogP) is 2.43. The molecule has 124 valence electrons. The number of hydrogen-bond donors (Lipinski definition) is 2. The highest BCUT2D eigenvalue weighted by Crippen LogP contribution is 2.29. The molecule has 1 aliphatic rings. The molecule has 2 aromatic heterocycles. The van der Waals surface area contributed by atoms with Crippen LogP contribution in [0.2, 0.25) is 5.02 Å². The van der Waals surface area contributed by atoms with Crippen molar-refractivity contribution in [1.82, 2.24) is 15.0 Å². The van der Waals surface area contributed by atoms with Crippen LogP contribution in [0.25, 0.3) is 11.0 Å². The van der Waals surface area contributed by atoms with Gasteiger partial charge in [0.1, 0.15) is 23.3 Å². The lowest BCUT2D eigenvalue weighted by Gasteiger charge is -2.37. The number of piperidine rings is 1. The molecule has 0 unspecified atom stereocenters. The molecule has 1 fully saturated rings. The molecular formula is C18H21ClN5+. The van der Waals surface area contributed by atoms with Crippen molar-refractivity contribution in [2.24, 2.45) is 0 Å². The summed E-state index contributed by atoms with van der Waals surface area (Å²) < 4.78 is 0. The second-order valence-corrected chi connectivity index (χ2v) is 7.16. The largest absolute Gasteiger partial charge is 0.355 e. The fraction of sp³-hybridized carbons (Fsp3) is 0.333. The van der Waals surface area contributed by atoms with Crippen molar-refractivity contribution in [2.45, 2.75) is 24.8 Å². The number of rotatable bonds is 3. The molecule has 0 radical (unpaired) electrons. The van der Waals surface area contributed by atoms with Crippen LogP contribution in [0.4, 0.5) is 5.82 Å². The minimum Gasteiger partial charge on any atom is -0.355 e. The average Bonchev–Trinajstić information content (AvgIpc) is 3.06. The summed E-state index contributed by atoms with van der Waals surface area (Å²) in [6.07, 6.45) is 6.63. The summed E-state index contributed by atoms with van der Waals surface area (Å²) in [6, 6.07) is 10.2. The molecular weight excluding hydrogens is 322 g/mol. The van der Waals surface area contributed by atoms with Gasteiger partial charge in [-0.15, -0.1) is 0 Å². The molecule has 5 nitrogen and oxygen atoms in total. The predicted molar refractivity (Wildman–Crippen MR) is 96.1 cm³/mol. The van der Waals surface area contributed by atoms with E-state index in [4.69, 9.17) is 11.6 Å². The Bertz CT molecular complexity index is 834. The number of aromatic amines is 1. The van der Waals surface area contributed by atoms with Crippen molar-refractivity contribution in [3.05, 3.63) is 53.4 Å². The number of quaternary nitrogens is 1. The zero-order chi connectivity index (χ0) is 16.6. The van der Waals surface area contributed by atoms with Crippen molar-refractivity contribution in [2.75, 3.05) is 18.0 Å². The smallest absolute Gasteiger partial charge is 0.142 e. The van der Waals surface area contributed by atoms with Crippen molar-refractivity contribution in [3.63, 3.8) is 0 Å². The fourth-order valence-electron chi connectivity index (χ4n) is 3.52. The van der Waals surface area contributed by atoms with E-state index in [9.17, 15) is 0 Å². The molecule has 4 rings (SSSR count). The Morgan fingerprint density at radius 1 is 1.12 bits per heavy atom. The van der Waals surface area contributed by atoms with E-state index in [1.54, 1.807) is 6.33 Å². The van der Waals surface area contributed by atoms with Crippen LogP contribution >= 0.6 is 11.6 Å². The van der Waals surface area contributed by atoms with Gasteiger partial charge in [0.2, 0.25) is 0 Å². The number of fused-ring (bicyclic) bond motifs is 1. The normalized spacial score (nSPS) is 17.3. The lowest BCUT2D eigenvalue weighted by Crippen LogP contribution is -2.76. The molecule has 1 saturated heterocycles. The third kappa shape index (κ3) is 2.97. The molecule has 3 aromatic rings. The van der Waals surface area contributed by atoms with Gasteiger partial charge in [-0.2, -0.15) is 0 Å². The topological polar surface area (TPSA) is 72.5 Å². The van der Waals surface area contributed by atoms with Gasteiger partial charge in [0.15, 0.2) is 0 Å².